The molecular weight excluding hydrogens is 362 g/mol. The molecule has 1 aliphatic heterocycles. The lowest BCUT2D eigenvalue weighted by Crippen LogP contribution is -2.50. The molecule has 0 saturated carbocycles. The highest BCUT2D eigenvalue weighted by molar-refractivity contribution is 7.92. The fraction of sp³-hybridized carbons (Fsp3) is 0.650. The largest absolute Gasteiger partial charge is 0.353 e. The number of sulfonamides is 1. The van der Waals surface area contributed by atoms with Gasteiger partial charge in [-0.1, -0.05) is 19.4 Å². The molecule has 152 valence electrons. The van der Waals surface area contributed by atoms with Crippen molar-refractivity contribution in [3.63, 3.8) is 0 Å². The molecule has 7 heteroatoms. The van der Waals surface area contributed by atoms with Crippen LogP contribution in [0.1, 0.15) is 43.7 Å². The third-order valence-electron chi connectivity index (χ3n) is 5.25. The second kappa shape index (κ2) is 9.55. The Balaban J connectivity index is 2.11. The third-order valence-corrected chi connectivity index (χ3v) is 6.43. The highest BCUT2D eigenvalue weighted by Crippen LogP contribution is 2.25. The van der Waals surface area contributed by atoms with Crippen LogP contribution in [0.25, 0.3) is 0 Å². The Morgan fingerprint density at radius 3 is 2.41 bits per heavy atom. The topological polar surface area (TPSA) is 69.7 Å². The molecule has 1 aromatic carbocycles. The van der Waals surface area contributed by atoms with Gasteiger partial charge in [-0.15, -0.1) is 0 Å². The first-order valence-corrected chi connectivity index (χ1v) is 11.7. The van der Waals surface area contributed by atoms with Crippen LogP contribution in [-0.2, 0) is 14.8 Å². The normalized spacial score (nSPS) is 16.7. The van der Waals surface area contributed by atoms with Gasteiger partial charge in [0, 0.05) is 13.1 Å². The number of hydrogen-bond donors (Lipinski definition) is 1. The molecule has 1 unspecified atom stereocenters. The van der Waals surface area contributed by atoms with E-state index in [-0.39, 0.29) is 5.91 Å². The number of aryl methyl sites for hydroxylation is 2. The summed E-state index contributed by atoms with van der Waals surface area (Å²) in [5.74, 6) is -0.238. The molecule has 0 radical (unpaired) electrons. The number of nitrogens with one attached hydrogen (secondary N) is 1. The maximum Gasteiger partial charge on any atom is 0.243 e. The van der Waals surface area contributed by atoms with Crippen molar-refractivity contribution in [1.82, 2.24) is 10.2 Å². The van der Waals surface area contributed by atoms with Crippen LogP contribution in [-0.4, -0.2) is 57.7 Å². The number of carbonyl (C=O) groups excluding carboxylic acids is 1. The van der Waals surface area contributed by atoms with Crippen LogP contribution in [0.4, 0.5) is 5.69 Å². The van der Waals surface area contributed by atoms with E-state index >= 15 is 0 Å². The summed E-state index contributed by atoms with van der Waals surface area (Å²) in [6.07, 6.45) is 5.27. The quantitative estimate of drug-likeness (QED) is 0.734. The lowest BCUT2D eigenvalue weighted by molar-refractivity contribution is -0.122. The van der Waals surface area contributed by atoms with E-state index in [9.17, 15) is 13.2 Å². The van der Waals surface area contributed by atoms with Gasteiger partial charge in [-0.3, -0.25) is 9.10 Å². The molecule has 1 amide bonds. The van der Waals surface area contributed by atoms with Crippen molar-refractivity contribution >= 4 is 21.6 Å². The smallest absolute Gasteiger partial charge is 0.243 e. The van der Waals surface area contributed by atoms with Gasteiger partial charge in [0.05, 0.1) is 11.9 Å². The molecule has 1 heterocycles. The van der Waals surface area contributed by atoms with Crippen molar-refractivity contribution < 1.29 is 13.2 Å². The Bertz CT molecular complexity index is 743. The lowest BCUT2D eigenvalue weighted by atomic mass is 10.1. The van der Waals surface area contributed by atoms with Gasteiger partial charge < -0.3 is 10.2 Å². The van der Waals surface area contributed by atoms with E-state index in [1.807, 2.05) is 32.9 Å². The number of anilines is 1. The van der Waals surface area contributed by atoms with Crippen LogP contribution >= 0.6 is 0 Å². The third kappa shape index (κ3) is 5.94. The minimum atomic E-state index is -3.59. The van der Waals surface area contributed by atoms with Gasteiger partial charge in [0.15, 0.2) is 0 Å². The number of carbonyl (C=O) groups is 1. The molecule has 1 aromatic rings. The Kier molecular flexibility index (Phi) is 7.68. The summed E-state index contributed by atoms with van der Waals surface area (Å²) in [7, 11) is -3.59. The van der Waals surface area contributed by atoms with E-state index in [0.29, 0.717) is 18.7 Å². The molecule has 1 aliphatic rings. The SMILES string of the molecule is CCC(C(=O)NCCN1CCCCC1)N(c1ccc(C)c(C)c1)S(C)(=O)=O. The molecular formula is C20H33N3O3S. The highest BCUT2D eigenvalue weighted by atomic mass is 32.2. The molecule has 2 rings (SSSR count). The first-order chi connectivity index (χ1) is 12.7. The zero-order chi connectivity index (χ0) is 20.0. The average molecular weight is 396 g/mol. The second-order valence-electron chi connectivity index (χ2n) is 7.44. The van der Waals surface area contributed by atoms with E-state index in [2.05, 4.69) is 10.2 Å². The van der Waals surface area contributed by atoms with Crippen molar-refractivity contribution in [2.45, 2.75) is 52.5 Å². The van der Waals surface area contributed by atoms with Crippen LogP contribution < -0.4 is 9.62 Å². The molecule has 0 aliphatic carbocycles. The molecule has 1 N–H and O–H groups in total. The number of rotatable bonds is 8. The molecule has 0 bridgehead atoms. The first kappa shape index (κ1) is 21.7. The second-order valence-corrected chi connectivity index (χ2v) is 9.30. The Hall–Kier alpha value is -1.60. The molecule has 0 spiro atoms. The van der Waals surface area contributed by atoms with Gasteiger partial charge in [0.1, 0.15) is 6.04 Å². The Morgan fingerprint density at radius 1 is 1.19 bits per heavy atom. The van der Waals surface area contributed by atoms with Crippen LogP contribution in [0.2, 0.25) is 0 Å². The van der Waals surface area contributed by atoms with E-state index in [1.165, 1.54) is 23.6 Å². The van der Waals surface area contributed by atoms with Crippen molar-refractivity contribution in [2.24, 2.45) is 0 Å². The monoisotopic (exact) mass is 395 g/mol. The number of hydrogen-bond acceptors (Lipinski definition) is 4. The fourth-order valence-corrected chi connectivity index (χ4v) is 4.76. The lowest BCUT2D eigenvalue weighted by Gasteiger charge is -2.31. The van der Waals surface area contributed by atoms with E-state index in [4.69, 9.17) is 0 Å². The maximum absolute atomic E-state index is 12.8. The molecule has 0 aromatic heterocycles. The number of amides is 1. The van der Waals surface area contributed by atoms with Crippen molar-refractivity contribution in [2.75, 3.05) is 36.7 Å². The molecule has 1 saturated heterocycles. The molecule has 27 heavy (non-hydrogen) atoms. The Morgan fingerprint density at radius 2 is 1.85 bits per heavy atom. The number of benzene rings is 1. The predicted octanol–water partition coefficient (Wildman–Crippen LogP) is 2.45. The summed E-state index contributed by atoms with van der Waals surface area (Å²) in [6, 6.07) is 4.75. The first-order valence-electron chi connectivity index (χ1n) is 9.80. The van der Waals surface area contributed by atoms with E-state index in [1.54, 1.807) is 6.07 Å². The zero-order valence-electron chi connectivity index (χ0n) is 17.0. The van der Waals surface area contributed by atoms with Gasteiger partial charge in [-0.25, -0.2) is 8.42 Å². The summed E-state index contributed by atoms with van der Waals surface area (Å²) in [6.45, 7) is 9.27. The van der Waals surface area contributed by atoms with E-state index < -0.39 is 16.1 Å². The van der Waals surface area contributed by atoms with Crippen molar-refractivity contribution in [3.8, 4) is 0 Å². The van der Waals surface area contributed by atoms with Crippen molar-refractivity contribution in [3.05, 3.63) is 29.3 Å². The molecule has 6 nitrogen and oxygen atoms in total. The summed E-state index contributed by atoms with van der Waals surface area (Å²) in [5.41, 5.74) is 2.63. The van der Waals surface area contributed by atoms with Gasteiger partial charge >= 0.3 is 0 Å². The minimum Gasteiger partial charge on any atom is -0.353 e. The van der Waals surface area contributed by atoms with Gasteiger partial charge in [-0.2, -0.15) is 0 Å². The summed E-state index contributed by atoms with van der Waals surface area (Å²) < 4.78 is 26.2. The van der Waals surface area contributed by atoms with E-state index in [0.717, 1.165) is 37.0 Å². The van der Waals surface area contributed by atoms with Gasteiger partial charge in [-0.05, 0) is 69.5 Å². The van der Waals surface area contributed by atoms with Crippen LogP contribution in [0.15, 0.2) is 18.2 Å². The zero-order valence-corrected chi connectivity index (χ0v) is 17.8. The van der Waals surface area contributed by atoms with Crippen LogP contribution in [0.5, 0.6) is 0 Å². The molecule has 1 atom stereocenters. The predicted molar refractivity (Wildman–Crippen MR) is 111 cm³/mol. The maximum atomic E-state index is 12.8. The highest BCUT2D eigenvalue weighted by Gasteiger charge is 2.31. The summed E-state index contributed by atoms with van der Waals surface area (Å²) in [5, 5.41) is 2.94. The number of nitrogens with zero attached hydrogens (tertiary/aromatic N) is 2. The molecule has 1 fully saturated rings. The standard InChI is InChI=1S/C20H33N3O3S/c1-5-19(20(24)21-11-14-22-12-7-6-8-13-22)23(27(4,25)26)18-10-9-16(2)17(3)15-18/h9-10,15,19H,5-8,11-14H2,1-4H3,(H,21,24). The van der Waals surface area contributed by atoms with Gasteiger partial charge in [0.2, 0.25) is 15.9 Å². The summed E-state index contributed by atoms with van der Waals surface area (Å²) >= 11 is 0. The fourth-order valence-electron chi connectivity index (χ4n) is 3.56. The number of likely N-dealkylation sites (tertiary alicyclic amines) is 1. The number of piperidine rings is 1. The Labute approximate surface area is 164 Å². The average Bonchev–Trinajstić information content (AvgIpc) is 2.62. The van der Waals surface area contributed by atoms with Crippen molar-refractivity contribution in [1.29, 1.82) is 0 Å². The van der Waals surface area contributed by atoms with Crippen LogP contribution in [0, 0.1) is 13.8 Å². The summed E-state index contributed by atoms with van der Waals surface area (Å²) in [4.78, 5) is 15.1. The van der Waals surface area contributed by atoms with Crippen LogP contribution in [0.3, 0.4) is 0 Å². The van der Waals surface area contributed by atoms with Gasteiger partial charge in [0.25, 0.3) is 0 Å². The minimum absolute atomic E-state index is 0.238.